The van der Waals surface area contributed by atoms with Crippen LogP contribution in [0.1, 0.15) is 6.92 Å². The number of carboxylic acid groups (broad SMARTS) is 1. The van der Waals surface area contributed by atoms with E-state index in [2.05, 4.69) is 0 Å². The van der Waals surface area contributed by atoms with Crippen molar-refractivity contribution in [2.75, 3.05) is 19.4 Å². The van der Waals surface area contributed by atoms with Crippen molar-refractivity contribution >= 4 is 13.3 Å². The van der Waals surface area contributed by atoms with E-state index in [1.165, 1.54) is 12.7 Å². The van der Waals surface area contributed by atoms with E-state index in [1.54, 1.807) is 6.92 Å². The summed E-state index contributed by atoms with van der Waals surface area (Å²) in [5.41, 5.74) is 0. The highest BCUT2D eigenvalue weighted by Crippen LogP contribution is 2.41. The van der Waals surface area contributed by atoms with Crippen LogP contribution in [0.3, 0.4) is 0 Å². The molecule has 0 bridgehead atoms. The minimum absolute atomic E-state index is 0.174. The molecule has 12 heavy (non-hydrogen) atoms. The monoisotopic (exact) mass is 192 g/mol. The molecule has 4 nitrogen and oxygen atoms in total. The molecule has 0 rings (SSSR count). The van der Waals surface area contributed by atoms with Gasteiger partial charge in [0.15, 0.2) is 0 Å². The van der Waals surface area contributed by atoms with E-state index in [-0.39, 0.29) is 6.16 Å². The first kappa shape index (κ1) is 11.4. The second-order valence-electron chi connectivity index (χ2n) is 2.36. The molecule has 0 fully saturated rings. The molecule has 1 N–H and O–H groups in total. The summed E-state index contributed by atoms with van der Waals surface area (Å²) in [6, 6.07) is 0. The normalized spacial score (nSPS) is 16.2. The standard InChI is InChI=1S/C7H13O4P/c1-3-11-12(2,10)6-4-5-7(8)9/h4-5H,3,6H2,1-2H3,(H,8,9)/b5-4+. The predicted molar refractivity (Wildman–Crippen MR) is 46.8 cm³/mol. The molecule has 0 aromatic heterocycles. The van der Waals surface area contributed by atoms with Crippen LogP contribution in [-0.4, -0.2) is 30.5 Å². The van der Waals surface area contributed by atoms with Gasteiger partial charge in [-0.15, -0.1) is 0 Å². The van der Waals surface area contributed by atoms with Gasteiger partial charge in [0.1, 0.15) is 0 Å². The Labute approximate surface area is 71.7 Å². The number of carbonyl (C=O) groups is 1. The first-order valence-corrected chi connectivity index (χ1v) is 5.84. The Morgan fingerprint density at radius 2 is 2.25 bits per heavy atom. The van der Waals surface area contributed by atoms with Crippen molar-refractivity contribution in [1.82, 2.24) is 0 Å². The number of aliphatic carboxylic acids is 1. The number of carboxylic acids is 1. The third-order valence-corrected chi connectivity index (χ3v) is 2.78. The lowest BCUT2D eigenvalue weighted by Crippen LogP contribution is -1.93. The molecule has 0 aromatic rings. The van der Waals surface area contributed by atoms with E-state index in [4.69, 9.17) is 9.63 Å². The van der Waals surface area contributed by atoms with Crippen molar-refractivity contribution in [3.8, 4) is 0 Å². The second-order valence-corrected chi connectivity index (χ2v) is 5.01. The molecule has 1 unspecified atom stereocenters. The summed E-state index contributed by atoms with van der Waals surface area (Å²) in [6.07, 6.45) is 2.49. The molecule has 0 aromatic carbocycles. The Kier molecular flexibility index (Phi) is 4.86. The first-order chi connectivity index (χ1) is 5.48. The minimum Gasteiger partial charge on any atom is -0.478 e. The first-order valence-electron chi connectivity index (χ1n) is 3.58. The van der Waals surface area contributed by atoms with Crippen LogP contribution in [0.25, 0.3) is 0 Å². The summed E-state index contributed by atoms with van der Waals surface area (Å²) in [4.78, 5) is 10.0. The van der Waals surface area contributed by atoms with E-state index in [0.29, 0.717) is 6.61 Å². The number of hydrogen-bond acceptors (Lipinski definition) is 3. The number of hydrogen-bond donors (Lipinski definition) is 1. The molecule has 0 saturated carbocycles. The minimum atomic E-state index is -2.60. The Morgan fingerprint density at radius 3 is 2.67 bits per heavy atom. The average molecular weight is 192 g/mol. The Hall–Kier alpha value is -0.600. The molecule has 1 atom stereocenters. The Bertz CT molecular complexity index is 221. The van der Waals surface area contributed by atoms with E-state index in [9.17, 15) is 9.36 Å². The maximum Gasteiger partial charge on any atom is 0.327 e. The summed E-state index contributed by atoms with van der Waals surface area (Å²) in [7, 11) is -2.60. The number of rotatable bonds is 5. The maximum atomic E-state index is 11.3. The summed E-state index contributed by atoms with van der Waals surface area (Å²) in [6.45, 7) is 3.62. The van der Waals surface area contributed by atoms with Gasteiger partial charge in [-0.3, -0.25) is 4.57 Å². The fourth-order valence-corrected chi connectivity index (χ4v) is 1.81. The number of allylic oxidation sites excluding steroid dienone is 1. The molecule has 0 amide bonds. The molecular weight excluding hydrogens is 179 g/mol. The molecule has 5 heteroatoms. The van der Waals surface area contributed by atoms with Crippen molar-refractivity contribution in [2.45, 2.75) is 6.92 Å². The lowest BCUT2D eigenvalue weighted by atomic mass is 10.5. The molecule has 0 saturated heterocycles. The average Bonchev–Trinajstić information content (AvgIpc) is 1.85. The topological polar surface area (TPSA) is 63.6 Å². The zero-order chi connectivity index (χ0) is 9.61. The van der Waals surface area contributed by atoms with E-state index < -0.39 is 13.3 Å². The van der Waals surface area contributed by atoms with Crippen LogP contribution >= 0.6 is 7.37 Å². The SMILES string of the molecule is CCOP(C)(=O)C/C=C/C(=O)O. The van der Waals surface area contributed by atoms with Gasteiger partial charge in [0.25, 0.3) is 0 Å². The lowest BCUT2D eigenvalue weighted by Gasteiger charge is -2.08. The molecule has 0 radical (unpaired) electrons. The van der Waals surface area contributed by atoms with Gasteiger partial charge in [0, 0.05) is 18.9 Å². The predicted octanol–water partition coefficient (Wildman–Crippen LogP) is 1.57. The van der Waals surface area contributed by atoms with Crippen LogP contribution in [-0.2, 0) is 13.9 Å². The van der Waals surface area contributed by atoms with Crippen LogP contribution in [0.2, 0.25) is 0 Å². The molecule has 0 aliphatic rings. The van der Waals surface area contributed by atoms with Crippen molar-refractivity contribution in [1.29, 1.82) is 0 Å². The fraction of sp³-hybridized carbons (Fsp3) is 0.571. The summed E-state index contributed by atoms with van der Waals surface area (Å²) >= 11 is 0. The van der Waals surface area contributed by atoms with E-state index in [0.717, 1.165) is 6.08 Å². The maximum absolute atomic E-state index is 11.3. The highest BCUT2D eigenvalue weighted by atomic mass is 31.2. The van der Waals surface area contributed by atoms with Crippen LogP contribution in [0.15, 0.2) is 12.2 Å². The highest BCUT2D eigenvalue weighted by molar-refractivity contribution is 7.58. The quantitative estimate of drug-likeness (QED) is 0.530. The molecular formula is C7H13O4P. The van der Waals surface area contributed by atoms with Crippen LogP contribution in [0.5, 0.6) is 0 Å². The van der Waals surface area contributed by atoms with Crippen molar-refractivity contribution in [3.05, 3.63) is 12.2 Å². The van der Waals surface area contributed by atoms with Gasteiger partial charge in [0.05, 0.1) is 6.61 Å². The molecule has 0 aliphatic heterocycles. The third kappa shape index (κ3) is 6.13. The van der Waals surface area contributed by atoms with Crippen LogP contribution < -0.4 is 0 Å². The molecule has 70 valence electrons. The van der Waals surface area contributed by atoms with Gasteiger partial charge >= 0.3 is 5.97 Å². The summed E-state index contributed by atoms with van der Waals surface area (Å²) in [5, 5.41) is 8.22. The van der Waals surface area contributed by atoms with Gasteiger partial charge in [-0.25, -0.2) is 4.79 Å². The highest BCUT2D eigenvalue weighted by Gasteiger charge is 2.11. The molecule has 0 aliphatic carbocycles. The van der Waals surface area contributed by atoms with Gasteiger partial charge in [-0.05, 0) is 6.92 Å². The molecule has 0 spiro atoms. The largest absolute Gasteiger partial charge is 0.478 e. The van der Waals surface area contributed by atoms with Crippen molar-refractivity contribution < 1.29 is 19.0 Å². The van der Waals surface area contributed by atoms with Gasteiger partial charge in [-0.1, -0.05) is 6.08 Å². The fourth-order valence-electron chi connectivity index (χ4n) is 0.671. The third-order valence-electron chi connectivity index (χ3n) is 1.10. The van der Waals surface area contributed by atoms with Gasteiger partial charge in [-0.2, -0.15) is 0 Å². The smallest absolute Gasteiger partial charge is 0.327 e. The lowest BCUT2D eigenvalue weighted by molar-refractivity contribution is -0.131. The zero-order valence-electron chi connectivity index (χ0n) is 7.19. The van der Waals surface area contributed by atoms with Gasteiger partial charge < -0.3 is 9.63 Å². The van der Waals surface area contributed by atoms with Crippen LogP contribution in [0.4, 0.5) is 0 Å². The molecule has 0 heterocycles. The summed E-state index contributed by atoms with van der Waals surface area (Å²) in [5.74, 6) is -1.04. The van der Waals surface area contributed by atoms with E-state index in [1.807, 2.05) is 0 Å². The summed E-state index contributed by atoms with van der Waals surface area (Å²) < 4.78 is 16.3. The second kappa shape index (κ2) is 5.12. The Balaban J connectivity index is 3.91. The zero-order valence-corrected chi connectivity index (χ0v) is 8.08. The van der Waals surface area contributed by atoms with Crippen molar-refractivity contribution in [3.63, 3.8) is 0 Å². The van der Waals surface area contributed by atoms with Gasteiger partial charge in [0.2, 0.25) is 7.37 Å². The Morgan fingerprint density at radius 1 is 1.67 bits per heavy atom. The van der Waals surface area contributed by atoms with E-state index >= 15 is 0 Å². The van der Waals surface area contributed by atoms with Crippen LogP contribution in [0, 0.1) is 0 Å². The van der Waals surface area contributed by atoms with Crippen molar-refractivity contribution in [2.24, 2.45) is 0 Å².